The van der Waals surface area contributed by atoms with Gasteiger partial charge in [-0.15, -0.1) is 0 Å². The Balaban J connectivity index is 1.78. The summed E-state index contributed by atoms with van der Waals surface area (Å²) in [6.07, 6.45) is 2.03. The molecule has 0 saturated carbocycles. The van der Waals surface area contributed by atoms with E-state index in [1.165, 1.54) is 6.07 Å². The van der Waals surface area contributed by atoms with Crippen LogP contribution in [0, 0.1) is 11.6 Å². The molecule has 0 aliphatic carbocycles. The van der Waals surface area contributed by atoms with Crippen LogP contribution in [0.5, 0.6) is 0 Å². The molecule has 24 heavy (non-hydrogen) atoms. The molecule has 0 bridgehead atoms. The number of piperidine rings is 1. The Kier molecular flexibility index (Phi) is 7.39. The van der Waals surface area contributed by atoms with Gasteiger partial charge in [-0.3, -0.25) is 4.99 Å². The van der Waals surface area contributed by atoms with Gasteiger partial charge in [0.1, 0.15) is 11.6 Å². The van der Waals surface area contributed by atoms with Crippen LogP contribution >= 0.6 is 0 Å². The zero-order valence-corrected chi connectivity index (χ0v) is 14.3. The maximum absolute atomic E-state index is 13.6. The van der Waals surface area contributed by atoms with Gasteiger partial charge in [-0.2, -0.15) is 0 Å². The van der Waals surface area contributed by atoms with Gasteiger partial charge in [-0.25, -0.2) is 8.78 Å². The van der Waals surface area contributed by atoms with Crippen LogP contribution < -0.4 is 10.6 Å². The highest BCUT2D eigenvalue weighted by Crippen LogP contribution is 2.11. The number of halogens is 2. The van der Waals surface area contributed by atoms with Crippen molar-refractivity contribution in [1.29, 1.82) is 0 Å². The molecule has 0 unspecified atom stereocenters. The average Bonchev–Trinajstić information content (AvgIpc) is 2.60. The van der Waals surface area contributed by atoms with Crippen molar-refractivity contribution in [1.82, 2.24) is 15.5 Å². The first-order valence-electron chi connectivity index (χ1n) is 8.24. The molecular formula is C17H26F2N4O. The van der Waals surface area contributed by atoms with E-state index in [1.54, 1.807) is 14.2 Å². The fourth-order valence-corrected chi connectivity index (χ4v) is 2.77. The lowest BCUT2D eigenvalue weighted by Crippen LogP contribution is -2.48. The fourth-order valence-electron chi connectivity index (χ4n) is 2.77. The van der Waals surface area contributed by atoms with Gasteiger partial charge >= 0.3 is 0 Å². The number of nitrogens with zero attached hydrogens (tertiary/aromatic N) is 2. The van der Waals surface area contributed by atoms with Gasteiger partial charge < -0.3 is 20.3 Å². The van der Waals surface area contributed by atoms with E-state index in [-0.39, 0.29) is 12.1 Å². The van der Waals surface area contributed by atoms with Crippen molar-refractivity contribution >= 4 is 5.96 Å². The van der Waals surface area contributed by atoms with E-state index in [2.05, 4.69) is 20.5 Å². The Morgan fingerprint density at radius 2 is 2.08 bits per heavy atom. The molecular weight excluding hydrogens is 314 g/mol. The molecule has 5 nitrogen and oxygen atoms in total. The lowest BCUT2D eigenvalue weighted by molar-refractivity contribution is 0.128. The minimum absolute atomic E-state index is 0.190. The number of likely N-dealkylation sites (tertiary alicyclic amines) is 1. The van der Waals surface area contributed by atoms with Gasteiger partial charge in [0.2, 0.25) is 0 Å². The van der Waals surface area contributed by atoms with Crippen LogP contribution in [0.2, 0.25) is 0 Å². The standard InChI is InChI=1S/C17H26F2N4O/c1-20-17(21-12-13-11-14(18)3-4-16(13)19)22-15-5-7-23(8-6-15)9-10-24-2/h3-4,11,15H,5-10,12H2,1-2H3,(H2,20,21,22). The van der Waals surface area contributed by atoms with Gasteiger partial charge in [-0.05, 0) is 31.0 Å². The second-order valence-electron chi connectivity index (χ2n) is 5.91. The number of methoxy groups -OCH3 is 1. The molecule has 1 heterocycles. The van der Waals surface area contributed by atoms with Crippen molar-refractivity contribution in [3.63, 3.8) is 0 Å². The smallest absolute Gasteiger partial charge is 0.191 e. The zero-order chi connectivity index (χ0) is 17.4. The molecule has 1 aliphatic heterocycles. The predicted molar refractivity (Wildman–Crippen MR) is 91.0 cm³/mol. The second-order valence-corrected chi connectivity index (χ2v) is 5.91. The highest BCUT2D eigenvalue weighted by atomic mass is 19.1. The predicted octanol–water partition coefficient (Wildman–Crippen LogP) is 1.74. The molecule has 1 aliphatic rings. The number of aliphatic imine (C=N–C) groups is 1. The molecule has 2 rings (SSSR count). The quantitative estimate of drug-likeness (QED) is 0.612. The molecule has 2 N–H and O–H groups in total. The van der Waals surface area contributed by atoms with Crippen molar-refractivity contribution in [3.05, 3.63) is 35.4 Å². The SMILES string of the molecule is CN=C(NCc1cc(F)ccc1F)NC1CCN(CCOC)CC1. The molecule has 0 radical (unpaired) electrons. The average molecular weight is 340 g/mol. The van der Waals surface area contributed by atoms with E-state index in [0.29, 0.717) is 12.0 Å². The van der Waals surface area contributed by atoms with Crippen molar-refractivity contribution in [2.45, 2.75) is 25.4 Å². The van der Waals surface area contributed by atoms with E-state index in [4.69, 9.17) is 4.74 Å². The van der Waals surface area contributed by atoms with Crippen molar-refractivity contribution < 1.29 is 13.5 Å². The van der Waals surface area contributed by atoms with Crippen LogP contribution in [-0.4, -0.2) is 57.3 Å². The number of hydrogen-bond acceptors (Lipinski definition) is 3. The second kappa shape index (κ2) is 9.54. The first-order chi connectivity index (χ1) is 11.6. The van der Waals surface area contributed by atoms with Crippen LogP contribution in [0.4, 0.5) is 8.78 Å². The summed E-state index contributed by atoms with van der Waals surface area (Å²) in [5, 5.41) is 6.40. The Labute approximate surface area is 142 Å². The third kappa shape index (κ3) is 5.72. The molecule has 1 aromatic carbocycles. The van der Waals surface area contributed by atoms with E-state index < -0.39 is 11.6 Å². The van der Waals surface area contributed by atoms with Crippen molar-refractivity contribution in [3.8, 4) is 0 Å². The van der Waals surface area contributed by atoms with Gasteiger partial charge in [0.25, 0.3) is 0 Å². The molecule has 0 atom stereocenters. The molecule has 1 saturated heterocycles. The number of rotatable bonds is 6. The van der Waals surface area contributed by atoms with Crippen LogP contribution in [0.25, 0.3) is 0 Å². The summed E-state index contributed by atoms with van der Waals surface area (Å²) in [5.74, 6) is -0.264. The van der Waals surface area contributed by atoms with Crippen LogP contribution in [-0.2, 0) is 11.3 Å². The highest BCUT2D eigenvalue weighted by molar-refractivity contribution is 5.79. The number of ether oxygens (including phenoxy) is 1. The first-order valence-corrected chi connectivity index (χ1v) is 8.24. The summed E-state index contributed by atoms with van der Waals surface area (Å²) in [7, 11) is 3.39. The molecule has 134 valence electrons. The minimum atomic E-state index is -0.445. The highest BCUT2D eigenvalue weighted by Gasteiger charge is 2.19. The Bertz CT molecular complexity index is 545. The lowest BCUT2D eigenvalue weighted by atomic mass is 10.1. The van der Waals surface area contributed by atoms with Gasteiger partial charge in [0.15, 0.2) is 5.96 Å². The Morgan fingerprint density at radius 3 is 2.75 bits per heavy atom. The largest absolute Gasteiger partial charge is 0.383 e. The van der Waals surface area contributed by atoms with E-state index >= 15 is 0 Å². The number of guanidine groups is 1. The lowest BCUT2D eigenvalue weighted by Gasteiger charge is -2.32. The molecule has 0 aromatic heterocycles. The third-order valence-corrected chi connectivity index (χ3v) is 4.22. The molecule has 7 heteroatoms. The maximum Gasteiger partial charge on any atom is 0.191 e. The zero-order valence-electron chi connectivity index (χ0n) is 14.3. The molecule has 0 spiro atoms. The fraction of sp³-hybridized carbons (Fsp3) is 0.588. The summed E-state index contributed by atoms with van der Waals surface area (Å²) >= 11 is 0. The summed E-state index contributed by atoms with van der Waals surface area (Å²) in [6.45, 7) is 3.92. The summed E-state index contributed by atoms with van der Waals surface area (Å²) in [6, 6.07) is 3.78. The third-order valence-electron chi connectivity index (χ3n) is 4.22. The summed E-state index contributed by atoms with van der Waals surface area (Å²) in [5.41, 5.74) is 0.285. The Morgan fingerprint density at radius 1 is 1.33 bits per heavy atom. The Hall–Kier alpha value is -1.73. The molecule has 1 fully saturated rings. The summed E-state index contributed by atoms with van der Waals surface area (Å²) < 4.78 is 31.9. The van der Waals surface area contributed by atoms with Gasteiger partial charge in [-0.1, -0.05) is 0 Å². The molecule has 1 aromatic rings. The van der Waals surface area contributed by atoms with Crippen LogP contribution in [0.1, 0.15) is 18.4 Å². The number of nitrogens with one attached hydrogen (secondary N) is 2. The summed E-state index contributed by atoms with van der Waals surface area (Å²) in [4.78, 5) is 6.54. The normalized spacial score (nSPS) is 17.1. The van der Waals surface area contributed by atoms with Crippen LogP contribution in [0.15, 0.2) is 23.2 Å². The number of hydrogen-bond donors (Lipinski definition) is 2. The first kappa shape index (κ1) is 18.6. The van der Waals surface area contributed by atoms with Crippen molar-refractivity contribution in [2.24, 2.45) is 4.99 Å². The van der Waals surface area contributed by atoms with E-state index in [9.17, 15) is 8.78 Å². The van der Waals surface area contributed by atoms with Gasteiger partial charge in [0, 0.05) is 51.9 Å². The van der Waals surface area contributed by atoms with E-state index in [0.717, 1.165) is 51.2 Å². The van der Waals surface area contributed by atoms with E-state index in [1.807, 2.05) is 0 Å². The van der Waals surface area contributed by atoms with Crippen molar-refractivity contribution in [2.75, 3.05) is 40.4 Å². The topological polar surface area (TPSA) is 48.9 Å². The van der Waals surface area contributed by atoms with Crippen LogP contribution in [0.3, 0.4) is 0 Å². The van der Waals surface area contributed by atoms with Gasteiger partial charge in [0.05, 0.1) is 6.61 Å². The maximum atomic E-state index is 13.6. The minimum Gasteiger partial charge on any atom is -0.383 e. The molecule has 0 amide bonds. The monoisotopic (exact) mass is 340 g/mol. The number of benzene rings is 1.